The third-order valence-electron chi connectivity index (χ3n) is 3.60. The predicted molar refractivity (Wildman–Crippen MR) is 97.8 cm³/mol. The van der Waals surface area contributed by atoms with Crippen molar-refractivity contribution in [1.29, 1.82) is 0 Å². The fourth-order valence-electron chi connectivity index (χ4n) is 2.30. The fourth-order valence-corrected chi connectivity index (χ4v) is 4.25. The number of sulfonamides is 1. The molecule has 0 radical (unpaired) electrons. The minimum atomic E-state index is -3.81. The van der Waals surface area contributed by atoms with E-state index >= 15 is 0 Å². The fraction of sp³-hybridized carbons (Fsp3) is 0.176. The molecule has 2 aromatic carbocycles. The Hall–Kier alpha value is -2.36. The number of carbonyl (C=O) groups excluding carboxylic acids is 1. The summed E-state index contributed by atoms with van der Waals surface area (Å²) in [6.45, 7) is 1.65. The molecule has 9 heteroatoms. The van der Waals surface area contributed by atoms with Crippen LogP contribution in [-0.2, 0) is 21.4 Å². The molecule has 26 heavy (non-hydrogen) atoms. The van der Waals surface area contributed by atoms with Crippen molar-refractivity contribution >= 4 is 37.5 Å². The van der Waals surface area contributed by atoms with Gasteiger partial charge in [0.15, 0.2) is 0 Å². The zero-order chi connectivity index (χ0) is 18.7. The lowest BCUT2D eigenvalue weighted by atomic mass is 10.2. The second-order valence-electron chi connectivity index (χ2n) is 5.59. The molecular weight excluding hydrogens is 377 g/mol. The molecule has 1 amide bonds. The normalized spacial score (nSPS) is 11.6. The van der Waals surface area contributed by atoms with Gasteiger partial charge in [0, 0.05) is 6.54 Å². The van der Waals surface area contributed by atoms with Gasteiger partial charge in [-0.3, -0.25) is 4.79 Å². The minimum Gasteiger partial charge on any atom is -0.351 e. The number of halogens is 1. The summed E-state index contributed by atoms with van der Waals surface area (Å²) in [5, 5.41) is 3.43. The third kappa shape index (κ3) is 4.43. The van der Waals surface area contributed by atoms with Crippen LogP contribution in [0, 0.1) is 12.7 Å². The molecular formula is C17H16FN3O3S2. The van der Waals surface area contributed by atoms with E-state index < -0.39 is 15.9 Å². The molecule has 0 atom stereocenters. The molecule has 0 saturated heterocycles. The summed E-state index contributed by atoms with van der Waals surface area (Å²) >= 11 is 1.40. The zero-order valence-corrected chi connectivity index (χ0v) is 15.5. The van der Waals surface area contributed by atoms with Crippen LogP contribution in [0.5, 0.6) is 0 Å². The second-order valence-corrected chi connectivity index (χ2v) is 8.59. The Morgan fingerprint density at radius 2 is 1.92 bits per heavy atom. The maximum Gasteiger partial charge on any atom is 0.241 e. The minimum absolute atomic E-state index is 0.0833. The molecule has 0 spiro atoms. The van der Waals surface area contributed by atoms with Crippen LogP contribution in [0.15, 0.2) is 47.4 Å². The van der Waals surface area contributed by atoms with E-state index in [-0.39, 0.29) is 23.8 Å². The Bertz CT molecular complexity index is 1050. The number of benzene rings is 2. The number of aryl methyl sites for hydroxylation is 1. The number of rotatable bonds is 6. The molecule has 0 bridgehead atoms. The monoisotopic (exact) mass is 393 g/mol. The summed E-state index contributed by atoms with van der Waals surface area (Å²) in [5.74, 6) is -0.839. The van der Waals surface area contributed by atoms with Gasteiger partial charge < -0.3 is 5.32 Å². The van der Waals surface area contributed by atoms with Gasteiger partial charge in [0.2, 0.25) is 15.9 Å². The first-order valence-electron chi connectivity index (χ1n) is 7.71. The highest BCUT2D eigenvalue weighted by molar-refractivity contribution is 7.89. The van der Waals surface area contributed by atoms with Crippen molar-refractivity contribution in [1.82, 2.24) is 15.0 Å². The maximum atomic E-state index is 12.8. The molecule has 2 N–H and O–H groups in total. The van der Waals surface area contributed by atoms with Crippen molar-refractivity contribution in [3.8, 4) is 0 Å². The number of thiazole rings is 1. The van der Waals surface area contributed by atoms with Crippen molar-refractivity contribution in [2.24, 2.45) is 0 Å². The number of hydrogen-bond acceptors (Lipinski definition) is 5. The SMILES string of the molecule is Cc1nc2ccc(S(=O)(=O)NCC(=O)NCc3ccc(F)cc3)cc2s1. The Kier molecular flexibility index (Phi) is 5.30. The first-order chi connectivity index (χ1) is 12.3. The van der Waals surface area contributed by atoms with Crippen molar-refractivity contribution < 1.29 is 17.6 Å². The number of nitrogens with one attached hydrogen (secondary N) is 2. The first-order valence-corrected chi connectivity index (χ1v) is 10.0. The molecule has 6 nitrogen and oxygen atoms in total. The highest BCUT2D eigenvalue weighted by Gasteiger charge is 2.16. The van der Waals surface area contributed by atoms with E-state index in [2.05, 4.69) is 15.0 Å². The van der Waals surface area contributed by atoms with Crippen LogP contribution >= 0.6 is 11.3 Å². The van der Waals surface area contributed by atoms with Gasteiger partial charge >= 0.3 is 0 Å². The Labute approximate surface area is 154 Å². The highest BCUT2D eigenvalue weighted by Crippen LogP contribution is 2.24. The van der Waals surface area contributed by atoms with E-state index in [1.165, 1.54) is 29.5 Å². The van der Waals surface area contributed by atoms with Crippen LogP contribution in [-0.4, -0.2) is 25.9 Å². The van der Waals surface area contributed by atoms with Crippen molar-refractivity contribution in [2.75, 3.05) is 6.54 Å². The number of hydrogen-bond donors (Lipinski definition) is 2. The van der Waals surface area contributed by atoms with Crippen molar-refractivity contribution in [3.05, 3.63) is 58.9 Å². The van der Waals surface area contributed by atoms with Crippen LogP contribution in [0.25, 0.3) is 10.2 Å². The Morgan fingerprint density at radius 3 is 2.65 bits per heavy atom. The lowest BCUT2D eigenvalue weighted by Crippen LogP contribution is -2.36. The van der Waals surface area contributed by atoms with Crippen LogP contribution in [0.3, 0.4) is 0 Å². The highest BCUT2D eigenvalue weighted by atomic mass is 32.2. The molecule has 0 unspecified atom stereocenters. The zero-order valence-electron chi connectivity index (χ0n) is 13.8. The number of aromatic nitrogens is 1. The van der Waals surface area contributed by atoms with E-state index in [4.69, 9.17) is 0 Å². The van der Waals surface area contributed by atoms with E-state index in [0.29, 0.717) is 5.56 Å². The summed E-state index contributed by atoms with van der Waals surface area (Å²) in [6, 6.07) is 10.3. The van der Waals surface area contributed by atoms with E-state index in [1.54, 1.807) is 24.3 Å². The molecule has 1 heterocycles. The van der Waals surface area contributed by atoms with Crippen molar-refractivity contribution in [3.63, 3.8) is 0 Å². The van der Waals surface area contributed by atoms with Gasteiger partial charge in [-0.05, 0) is 42.8 Å². The Morgan fingerprint density at radius 1 is 1.19 bits per heavy atom. The van der Waals surface area contributed by atoms with Crippen LogP contribution in [0.2, 0.25) is 0 Å². The van der Waals surface area contributed by atoms with Crippen LogP contribution < -0.4 is 10.0 Å². The molecule has 0 saturated carbocycles. The van der Waals surface area contributed by atoms with Gasteiger partial charge in [-0.15, -0.1) is 11.3 Å². The molecule has 3 rings (SSSR count). The quantitative estimate of drug-likeness (QED) is 0.673. The largest absolute Gasteiger partial charge is 0.351 e. The molecule has 0 aliphatic carbocycles. The molecule has 0 fully saturated rings. The molecule has 0 aliphatic heterocycles. The van der Waals surface area contributed by atoms with Crippen LogP contribution in [0.1, 0.15) is 10.6 Å². The second kappa shape index (κ2) is 7.48. The van der Waals surface area contributed by atoms with E-state index in [9.17, 15) is 17.6 Å². The molecule has 136 valence electrons. The summed E-state index contributed by atoms with van der Waals surface area (Å²) in [4.78, 5) is 16.2. The van der Waals surface area contributed by atoms with Gasteiger partial charge in [-0.1, -0.05) is 12.1 Å². The number of carbonyl (C=O) groups is 1. The van der Waals surface area contributed by atoms with Gasteiger partial charge in [0.25, 0.3) is 0 Å². The lowest BCUT2D eigenvalue weighted by Gasteiger charge is -2.08. The molecule has 3 aromatic rings. The average molecular weight is 393 g/mol. The summed E-state index contributed by atoms with van der Waals surface area (Å²) in [6.07, 6.45) is 0. The number of fused-ring (bicyclic) bond motifs is 1. The van der Waals surface area contributed by atoms with Gasteiger partial charge in [-0.25, -0.2) is 22.5 Å². The molecule has 0 aliphatic rings. The van der Waals surface area contributed by atoms with Gasteiger partial charge in [0.05, 0.1) is 26.7 Å². The predicted octanol–water partition coefficient (Wildman–Crippen LogP) is 2.34. The number of amides is 1. The van der Waals surface area contributed by atoms with Crippen LogP contribution in [0.4, 0.5) is 4.39 Å². The summed E-state index contributed by atoms with van der Waals surface area (Å²) in [7, 11) is -3.81. The summed E-state index contributed by atoms with van der Waals surface area (Å²) in [5.41, 5.74) is 1.46. The first kappa shape index (κ1) is 18.4. The van der Waals surface area contributed by atoms with Gasteiger partial charge in [-0.2, -0.15) is 0 Å². The topological polar surface area (TPSA) is 88.2 Å². The third-order valence-corrected chi connectivity index (χ3v) is 5.94. The summed E-state index contributed by atoms with van der Waals surface area (Å²) < 4.78 is 40.6. The van der Waals surface area contributed by atoms with Gasteiger partial charge in [0.1, 0.15) is 5.82 Å². The van der Waals surface area contributed by atoms with Crippen molar-refractivity contribution in [2.45, 2.75) is 18.4 Å². The number of nitrogens with zero attached hydrogens (tertiary/aromatic N) is 1. The molecule has 1 aromatic heterocycles. The standard InChI is InChI=1S/C17H16FN3O3S2/c1-11-21-15-7-6-14(8-16(15)25-11)26(23,24)20-10-17(22)19-9-12-2-4-13(18)5-3-12/h2-8,20H,9-10H2,1H3,(H,19,22). The Balaban J connectivity index is 1.59. The average Bonchev–Trinajstić information content (AvgIpc) is 2.98. The lowest BCUT2D eigenvalue weighted by molar-refractivity contribution is -0.120. The van der Waals surface area contributed by atoms with E-state index in [0.717, 1.165) is 15.2 Å². The maximum absolute atomic E-state index is 12.8. The van der Waals surface area contributed by atoms with E-state index in [1.807, 2.05) is 6.92 Å². The smallest absolute Gasteiger partial charge is 0.241 e.